The van der Waals surface area contributed by atoms with Crippen LogP contribution < -0.4 is 5.32 Å². The lowest BCUT2D eigenvalue weighted by Gasteiger charge is -2.34. The average molecular weight is 210 g/mol. The van der Waals surface area contributed by atoms with E-state index in [0.717, 1.165) is 25.9 Å². The Bertz CT molecular complexity index is 280. The van der Waals surface area contributed by atoms with E-state index in [1.807, 2.05) is 13.8 Å². The lowest BCUT2D eigenvalue weighted by atomic mass is 9.83. The summed E-state index contributed by atoms with van der Waals surface area (Å²) in [6.07, 6.45) is 2.22. The third-order valence-electron chi connectivity index (χ3n) is 3.00. The van der Waals surface area contributed by atoms with E-state index in [1.54, 1.807) is 6.92 Å². The van der Waals surface area contributed by atoms with Crippen molar-refractivity contribution in [3.8, 4) is 11.8 Å². The number of quaternary nitrogens is 1. The maximum atomic E-state index is 11.3. The Kier molecular flexibility index (Phi) is 4.16. The van der Waals surface area contributed by atoms with Crippen molar-refractivity contribution in [1.29, 1.82) is 0 Å². The summed E-state index contributed by atoms with van der Waals surface area (Å²) >= 11 is 0. The van der Waals surface area contributed by atoms with Crippen LogP contribution in [0.5, 0.6) is 0 Å². The van der Waals surface area contributed by atoms with Gasteiger partial charge in [0.05, 0.1) is 13.1 Å². The van der Waals surface area contributed by atoms with E-state index in [0.29, 0.717) is 5.92 Å². The minimum absolute atomic E-state index is 0.380. The highest BCUT2D eigenvalue weighted by Gasteiger charge is 2.34. The van der Waals surface area contributed by atoms with Crippen molar-refractivity contribution < 1.29 is 14.8 Å². The van der Waals surface area contributed by atoms with Crippen LogP contribution >= 0.6 is 0 Å². The zero-order valence-corrected chi connectivity index (χ0v) is 9.80. The molecule has 1 saturated heterocycles. The number of hydrogen-bond donors (Lipinski definition) is 1. The third-order valence-corrected chi connectivity index (χ3v) is 3.00. The molecule has 1 heterocycles. The number of esters is 1. The van der Waals surface area contributed by atoms with Gasteiger partial charge in [0.1, 0.15) is 5.60 Å². The van der Waals surface area contributed by atoms with Gasteiger partial charge in [0.2, 0.25) is 0 Å². The van der Waals surface area contributed by atoms with Crippen molar-refractivity contribution in [2.24, 2.45) is 5.92 Å². The summed E-state index contributed by atoms with van der Waals surface area (Å²) < 4.78 is 5.39. The predicted octanol–water partition coefficient (Wildman–Crippen LogP) is 0.305. The highest BCUT2D eigenvalue weighted by Crippen LogP contribution is 2.27. The molecule has 0 atom stereocenters. The molecule has 15 heavy (non-hydrogen) atoms. The first-order valence-corrected chi connectivity index (χ1v) is 5.53. The maximum absolute atomic E-state index is 11.3. The normalized spacial score (nSPS) is 17.8. The van der Waals surface area contributed by atoms with Crippen LogP contribution in [0.2, 0.25) is 0 Å². The Labute approximate surface area is 91.6 Å². The average Bonchev–Trinajstić information content (AvgIpc) is 2.18. The fourth-order valence-corrected chi connectivity index (χ4v) is 2.07. The van der Waals surface area contributed by atoms with Crippen LogP contribution in [0, 0.1) is 17.8 Å². The lowest BCUT2D eigenvalue weighted by molar-refractivity contribution is -0.665. The molecule has 1 aliphatic rings. The van der Waals surface area contributed by atoms with Crippen LogP contribution in [0.15, 0.2) is 0 Å². The molecule has 0 saturated carbocycles. The number of rotatable bonds is 2. The number of ether oxygens (including phenoxy) is 1. The highest BCUT2D eigenvalue weighted by atomic mass is 16.6. The molecule has 1 fully saturated rings. The van der Waals surface area contributed by atoms with Gasteiger partial charge in [0.15, 0.2) is 0 Å². The van der Waals surface area contributed by atoms with Gasteiger partial charge in [0, 0.05) is 24.7 Å². The van der Waals surface area contributed by atoms with E-state index in [1.165, 1.54) is 0 Å². The molecule has 3 heteroatoms. The Morgan fingerprint density at radius 3 is 2.53 bits per heavy atom. The summed E-state index contributed by atoms with van der Waals surface area (Å²) in [7, 11) is 0. The summed E-state index contributed by atoms with van der Waals surface area (Å²) in [6.45, 7) is 7.87. The number of hydrogen-bond acceptors (Lipinski definition) is 2. The number of piperidine rings is 1. The number of carbonyl (C=O) groups excluding carboxylic acids is 1. The van der Waals surface area contributed by atoms with Crippen LogP contribution in [-0.4, -0.2) is 24.7 Å². The smallest absolute Gasteiger partial charge is 0.384 e. The highest BCUT2D eigenvalue weighted by molar-refractivity contribution is 5.88. The van der Waals surface area contributed by atoms with Crippen LogP contribution in [0.1, 0.15) is 33.6 Å². The van der Waals surface area contributed by atoms with Gasteiger partial charge in [-0.05, 0) is 20.8 Å². The summed E-state index contributed by atoms with van der Waals surface area (Å²) in [5.74, 6) is 5.04. The molecule has 0 aromatic heterocycles. The molecular formula is C12H20NO2+. The SMILES string of the molecule is CC#CC(=O)OC(C)(C)C1CC[NH2+]CC1. The molecule has 3 nitrogen and oxygen atoms in total. The topological polar surface area (TPSA) is 42.9 Å². The van der Waals surface area contributed by atoms with E-state index in [9.17, 15) is 4.79 Å². The Morgan fingerprint density at radius 2 is 2.00 bits per heavy atom. The molecular weight excluding hydrogens is 190 g/mol. The Hall–Kier alpha value is -1.01. The molecule has 1 aliphatic heterocycles. The monoisotopic (exact) mass is 210 g/mol. The van der Waals surface area contributed by atoms with Gasteiger partial charge in [-0.2, -0.15) is 0 Å². The summed E-state index contributed by atoms with van der Waals surface area (Å²) in [5, 5.41) is 2.31. The molecule has 84 valence electrons. The van der Waals surface area contributed by atoms with Gasteiger partial charge in [0.25, 0.3) is 0 Å². The minimum Gasteiger partial charge on any atom is -0.450 e. The second-order valence-corrected chi connectivity index (χ2v) is 4.51. The van der Waals surface area contributed by atoms with Gasteiger partial charge in [-0.1, -0.05) is 5.92 Å². The van der Waals surface area contributed by atoms with Crippen molar-refractivity contribution in [1.82, 2.24) is 0 Å². The largest absolute Gasteiger partial charge is 0.450 e. The van der Waals surface area contributed by atoms with Crippen molar-refractivity contribution >= 4 is 5.97 Å². The standard InChI is InChI=1S/C12H19NO2/c1-4-5-11(14)15-12(2,3)10-6-8-13-9-7-10/h10,13H,6-9H2,1-3H3/p+1. The van der Waals surface area contributed by atoms with E-state index in [4.69, 9.17) is 4.74 Å². The summed E-state index contributed by atoms with van der Waals surface area (Å²) in [4.78, 5) is 11.3. The fourth-order valence-electron chi connectivity index (χ4n) is 2.07. The first kappa shape index (κ1) is 12.1. The van der Waals surface area contributed by atoms with E-state index >= 15 is 0 Å². The fraction of sp³-hybridized carbons (Fsp3) is 0.750. The summed E-state index contributed by atoms with van der Waals surface area (Å²) in [6, 6.07) is 0. The second-order valence-electron chi connectivity index (χ2n) is 4.51. The predicted molar refractivity (Wildman–Crippen MR) is 58.0 cm³/mol. The van der Waals surface area contributed by atoms with E-state index in [2.05, 4.69) is 17.2 Å². The lowest BCUT2D eigenvalue weighted by Crippen LogP contribution is -2.86. The molecule has 0 aliphatic carbocycles. The Balaban J connectivity index is 2.55. The van der Waals surface area contributed by atoms with Gasteiger partial charge in [-0.3, -0.25) is 0 Å². The van der Waals surface area contributed by atoms with Crippen molar-refractivity contribution in [3.05, 3.63) is 0 Å². The van der Waals surface area contributed by atoms with E-state index < -0.39 is 5.97 Å². The molecule has 0 aromatic carbocycles. The molecule has 0 radical (unpaired) electrons. The van der Waals surface area contributed by atoms with Crippen LogP contribution in [-0.2, 0) is 9.53 Å². The maximum Gasteiger partial charge on any atom is 0.384 e. The van der Waals surface area contributed by atoms with Crippen molar-refractivity contribution in [2.45, 2.75) is 39.2 Å². The first-order chi connectivity index (χ1) is 7.06. The van der Waals surface area contributed by atoms with Gasteiger partial charge >= 0.3 is 5.97 Å². The minimum atomic E-state index is -0.406. The van der Waals surface area contributed by atoms with Crippen molar-refractivity contribution in [2.75, 3.05) is 13.1 Å². The van der Waals surface area contributed by atoms with E-state index in [-0.39, 0.29) is 5.60 Å². The van der Waals surface area contributed by atoms with Crippen LogP contribution in [0.3, 0.4) is 0 Å². The second kappa shape index (κ2) is 5.18. The Morgan fingerprint density at radius 1 is 1.40 bits per heavy atom. The van der Waals surface area contributed by atoms with Gasteiger partial charge < -0.3 is 10.1 Å². The molecule has 2 N–H and O–H groups in total. The van der Waals surface area contributed by atoms with Gasteiger partial charge in [-0.25, -0.2) is 4.79 Å². The quantitative estimate of drug-likeness (QED) is 0.405. The molecule has 0 amide bonds. The first-order valence-electron chi connectivity index (χ1n) is 5.53. The van der Waals surface area contributed by atoms with Crippen LogP contribution in [0.25, 0.3) is 0 Å². The van der Waals surface area contributed by atoms with Gasteiger partial charge in [-0.15, -0.1) is 0 Å². The molecule has 0 aromatic rings. The zero-order chi connectivity index (χ0) is 11.3. The molecule has 0 bridgehead atoms. The van der Waals surface area contributed by atoms with Crippen molar-refractivity contribution in [3.63, 3.8) is 0 Å². The van der Waals surface area contributed by atoms with Crippen LogP contribution in [0.4, 0.5) is 0 Å². The summed E-state index contributed by atoms with van der Waals surface area (Å²) in [5.41, 5.74) is -0.380. The number of nitrogens with two attached hydrogens (primary N) is 1. The molecule has 0 unspecified atom stereocenters. The number of carbonyl (C=O) groups is 1. The molecule has 1 rings (SSSR count). The molecule has 0 spiro atoms. The zero-order valence-electron chi connectivity index (χ0n) is 9.80. The third kappa shape index (κ3) is 3.56.